The number of anilines is 1. The van der Waals surface area contributed by atoms with Crippen molar-refractivity contribution in [3.63, 3.8) is 0 Å². The molecule has 1 N–H and O–H groups in total. The van der Waals surface area contributed by atoms with Gasteiger partial charge in [0.25, 0.3) is 11.1 Å². The highest BCUT2D eigenvalue weighted by molar-refractivity contribution is 8.18. The Morgan fingerprint density at radius 2 is 1.83 bits per heavy atom. The highest BCUT2D eigenvalue weighted by Crippen LogP contribution is 2.32. The van der Waals surface area contributed by atoms with E-state index in [2.05, 4.69) is 5.32 Å². The zero-order chi connectivity index (χ0) is 21.0. The van der Waals surface area contributed by atoms with Crippen LogP contribution < -0.4 is 10.1 Å². The molecule has 0 bridgehead atoms. The van der Waals surface area contributed by atoms with E-state index in [0.29, 0.717) is 5.69 Å². The maximum atomic E-state index is 12.6. The predicted octanol–water partition coefficient (Wildman–Crippen LogP) is 4.46. The number of carbonyl (C=O) groups excluding carboxylic acids is 3. The van der Waals surface area contributed by atoms with Crippen molar-refractivity contribution >= 4 is 40.6 Å². The molecule has 1 aliphatic heterocycles. The lowest BCUT2D eigenvalue weighted by Crippen LogP contribution is -2.36. The van der Waals surface area contributed by atoms with Crippen molar-refractivity contribution in [3.8, 4) is 5.75 Å². The van der Waals surface area contributed by atoms with Crippen LogP contribution in [-0.4, -0.2) is 34.6 Å². The Morgan fingerprint density at radius 1 is 1.14 bits per heavy atom. The Kier molecular flexibility index (Phi) is 6.39. The molecular formula is C22H22N2O4S. The van der Waals surface area contributed by atoms with Crippen LogP contribution in [0.25, 0.3) is 6.08 Å². The van der Waals surface area contributed by atoms with Crippen LogP contribution in [0.5, 0.6) is 5.75 Å². The van der Waals surface area contributed by atoms with E-state index in [-0.39, 0.29) is 17.6 Å². The molecule has 0 spiro atoms. The van der Waals surface area contributed by atoms with Crippen molar-refractivity contribution in [1.29, 1.82) is 0 Å². The molecule has 150 valence electrons. The van der Waals surface area contributed by atoms with E-state index in [9.17, 15) is 14.4 Å². The molecule has 0 aliphatic carbocycles. The van der Waals surface area contributed by atoms with Gasteiger partial charge in [-0.3, -0.25) is 19.3 Å². The fraction of sp³-hybridized carbons (Fsp3) is 0.227. The summed E-state index contributed by atoms with van der Waals surface area (Å²) in [6, 6.07) is 14.6. The Bertz CT molecular complexity index is 967. The molecule has 0 radical (unpaired) electrons. The zero-order valence-corrected chi connectivity index (χ0v) is 17.3. The largest absolute Gasteiger partial charge is 0.491 e. The van der Waals surface area contributed by atoms with E-state index >= 15 is 0 Å². The molecule has 1 heterocycles. The number of rotatable bonds is 6. The van der Waals surface area contributed by atoms with Crippen molar-refractivity contribution in [2.24, 2.45) is 0 Å². The molecule has 1 saturated heterocycles. The first-order valence-electron chi connectivity index (χ1n) is 9.21. The van der Waals surface area contributed by atoms with E-state index < -0.39 is 17.1 Å². The van der Waals surface area contributed by atoms with Gasteiger partial charge < -0.3 is 10.1 Å². The van der Waals surface area contributed by atoms with Gasteiger partial charge in [0.1, 0.15) is 12.3 Å². The lowest BCUT2D eigenvalue weighted by Gasteiger charge is -2.13. The van der Waals surface area contributed by atoms with Gasteiger partial charge in [-0.1, -0.05) is 30.3 Å². The van der Waals surface area contributed by atoms with Crippen molar-refractivity contribution < 1.29 is 19.1 Å². The summed E-state index contributed by atoms with van der Waals surface area (Å²) in [6.07, 6.45) is 1.71. The number of hydrogen-bond acceptors (Lipinski definition) is 5. The summed E-state index contributed by atoms with van der Waals surface area (Å²) in [7, 11) is 0. The first-order chi connectivity index (χ1) is 13.8. The summed E-state index contributed by atoms with van der Waals surface area (Å²) < 4.78 is 5.60. The smallest absolute Gasteiger partial charge is 0.294 e. The number of amides is 3. The van der Waals surface area contributed by atoms with Gasteiger partial charge in [0.2, 0.25) is 5.91 Å². The van der Waals surface area contributed by atoms with Crippen molar-refractivity contribution in [1.82, 2.24) is 4.90 Å². The number of hydrogen-bond donors (Lipinski definition) is 1. The number of thioether (sulfide) groups is 1. The highest BCUT2D eigenvalue weighted by Gasteiger charge is 2.36. The van der Waals surface area contributed by atoms with Crippen LogP contribution in [-0.2, 0) is 9.59 Å². The fourth-order valence-electron chi connectivity index (χ4n) is 2.75. The highest BCUT2D eigenvalue weighted by atomic mass is 32.2. The molecule has 7 heteroatoms. The van der Waals surface area contributed by atoms with Crippen LogP contribution in [0.15, 0.2) is 53.4 Å². The molecule has 2 aromatic rings. The Labute approximate surface area is 173 Å². The van der Waals surface area contributed by atoms with Crippen LogP contribution in [0, 0.1) is 6.92 Å². The maximum Gasteiger partial charge on any atom is 0.294 e. The van der Waals surface area contributed by atoms with Crippen LogP contribution in [0.3, 0.4) is 0 Å². The minimum atomic E-state index is -0.470. The first kappa shape index (κ1) is 20.7. The molecule has 3 rings (SSSR count). The van der Waals surface area contributed by atoms with Crippen molar-refractivity contribution in [2.45, 2.75) is 26.9 Å². The van der Waals surface area contributed by atoms with E-state index in [1.165, 1.54) is 0 Å². The van der Waals surface area contributed by atoms with E-state index in [4.69, 9.17) is 4.74 Å². The average Bonchev–Trinajstić information content (AvgIpc) is 2.92. The summed E-state index contributed by atoms with van der Waals surface area (Å²) in [4.78, 5) is 38.4. The van der Waals surface area contributed by atoms with E-state index in [1.807, 2.05) is 63.2 Å². The monoisotopic (exact) mass is 410 g/mol. The number of benzene rings is 2. The van der Waals surface area contributed by atoms with Gasteiger partial charge >= 0.3 is 0 Å². The molecule has 1 aliphatic rings. The van der Waals surface area contributed by atoms with Gasteiger partial charge in [-0.2, -0.15) is 0 Å². The molecule has 0 aromatic heterocycles. The van der Waals surface area contributed by atoms with E-state index in [0.717, 1.165) is 33.5 Å². The maximum absolute atomic E-state index is 12.6. The van der Waals surface area contributed by atoms with Gasteiger partial charge in [0, 0.05) is 5.69 Å². The predicted molar refractivity (Wildman–Crippen MR) is 115 cm³/mol. The third kappa shape index (κ3) is 5.26. The third-order valence-corrected chi connectivity index (χ3v) is 5.05. The van der Waals surface area contributed by atoms with Crippen LogP contribution in [0.2, 0.25) is 0 Å². The molecule has 2 aromatic carbocycles. The van der Waals surface area contributed by atoms with Gasteiger partial charge in [-0.05, 0) is 67.9 Å². The minimum Gasteiger partial charge on any atom is -0.491 e. The quantitative estimate of drug-likeness (QED) is 0.712. The second-order valence-corrected chi connectivity index (χ2v) is 7.86. The van der Waals surface area contributed by atoms with Gasteiger partial charge in [0.15, 0.2) is 0 Å². The molecule has 29 heavy (non-hydrogen) atoms. The Morgan fingerprint density at radius 3 is 2.48 bits per heavy atom. The Balaban J connectivity index is 1.66. The SMILES string of the molecule is Cc1ccccc1NC(=O)CN1C(=O)S/C(=C\c2ccc(OC(C)C)cc2)C1=O. The lowest BCUT2D eigenvalue weighted by atomic mass is 10.2. The molecule has 6 nitrogen and oxygen atoms in total. The molecule has 0 atom stereocenters. The lowest BCUT2D eigenvalue weighted by molar-refractivity contribution is -0.127. The normalized spacial score (nSPS) is 15.3. The number of para-hydroxylation sites is 1. The minimum absolute atomic E-state index is 0.0724. The summed E-state index contributed by atoms with van der Waals surface area (Å²) in [5.41, 5.74) is 2.33. The summed E-state index contributed by atoms with van der Waals surface area (Å²) in [5.74, 6) is -0.154. The zero-order valence-electron chi connectivity index (χ0n) is 16.5. The molecule has 0 unspecified atom stereocenters. The number of nitrogens with zero attached hydrogens (tertiary/aromatic N) is 1. The number of imide groups is 1. The first-order valence-corrected chi connectivity index (χ1v) is 10.0. The molecule has 1 fully saturated rings. The van der Waals surface area contributed by atoms with Gasteiger partial charge in [-0.25, -0.2) is 0 Å². The van der Waals surface area contributed by atoms with Crippen LogP contribution in [0.4, 0.5) is 10.5 Å². The number of aryl methyl sites for hydroxylation is 1. The summed E-state index contributed by atoms with van der Waals surface area (Å²) in [5, 5.41) is 2.28. The molecule has 3 amide bonds. The number of nitrogens with one attached hydrogen (secondary N) is 1. The average molecular weight is 410 g/mol. The Hall–Kier alpha value is -3.06. The van der Waals surface area contributed by atoms with Crippen LogP contribution >= 0.6 is 11.8 Å². The number of ether oxygens (including phenoxy) is 1. The standard InChI is InChI=1S/C22H22N2O4S/c1-14(2)28-17-10-8-16(9-11-17)12-19-21(26)24(22(27)29-19)13-20(25)23-18-7-5-4-6-15(18)3/h4-12,14H,13H2,1-3H3,(H,23,25)/b19-12-. The van der Waals surface area contributed by atoms with Crippen LogP contribution in [0.1, 0.15) is 25.0 Å². The van der Waals surface area contributed by atoms with Crippen molar-refractivity contribution in [3.05, 3.63) is 64.6 Å². The van der Waals surface area contributed by atoms with Crippen molar-refractivity contribution in [2.75, 3.05) is 11.9 Å². The second kappa shape index (κ2) is 8.96. The van der Waals surface area contributed by atoms with Gasteiger partial charge in [-0.15, -0.1) is 0 Å². The fourth-order valence-corrected chi connectivity index (χ4v) is 3.59. The topological polar surface area (TPSA) is 75.7 Å². The molecule has 0 saturated carbocycles. The number of carbonyl (C=O) groups is 3. The third-order valence-electron chi connectivity index (χ3n) is 4.14. The summed E-state index contributed by atoms with van der Waals surface area (Å²) >= 11 is 0.830. The summed E-state index contributed by atoms with van der Waals surface area (Å²) in [6.45, 7) is 5.44. The molecular weight excluding hydrogens is 388 g/mol. The van der Waals surface area contributed by atoms with E-state index in [1.54, 1.807) is 12.1 Å². The second-order valence-electron chi connectivity index (χ2n) is 6.87. The van der Waals surface area contributed by atoms with Gasteiger partial charge in [0.05, 0.1) is 11.0 Å².